The highest BCUT2D eigenvalue weighted by Crippen LogP contribution is 2.17. The van der Waals surface area contributed by atoms with Crippen LogP contribution in [0.3, 0.4) is 0 Å². The first-order valence-electron chi connectivity index (χ1n) is 7.31. The van der Waals surface area contributed by atoms with Gasteiger partial charge >= 0.3 is 0 Å². The van der Waals surface area contributed by atoms with Gasteiger partial charge in [-0.25, -0.2) is 4.98 Å². The summed E-state index contributed by atoms with van der Waals surface area (Å²) in [5.74, 6) is 1.24. The zero-order valence-corrected chi connectivity index (χ0v) is 13.6. The highest BCUT2D eigenvalue weighted by Gasteiger charge is 2.25. The summed E-state index contributed by atoms with van der Waals surface area (Å²) in [7, 11) is 0. The first kappa shape index (κ1) is 15.3. The summed E-state index contributed by atoms with van der Waals surface area (Å²) in [5.41, 5.74) is 0. The van der Waals surface area contributed by atoms with Crippen LogP contribution < -0.4 is 4.90 Å². The molecule has 0 aromatic carbocycles. The van der Waals surface area contributed by atoms with Crippen molar-refractivity contribution in [3.05, 3.63) is 24.4 Å². The fourth-order valence-corrected chi connectivity index (χ4v) is 3.01. The third-order valence-corrected chi connectivity index (χ3v) is 4.49. The Balaban J connectivity index is 1.83. The molecule has 0 aliphatic carbocycles. The zero-order chi connectivity index (χ0) is 14.4. The number of alkyl halides is 1. The van der Waals surface area contributed by atoms with E-state index in [1.54, 1.807) is 0 Å². The van der Waals surface area contributed by atoms with E-state index in [4.69, 9.17) is 0 Å². The van der Waals surface area contributed by atoms with Crippen molar-refractivity contribution in [1.82, 2.24) is 9.88 Å². The molecule has 20 heavy (non-hydrogen) atoms. The molecule has 0 saturated carbocycles. The van der Waals surface area contributed by atoms with Crippen molar-refractivity contribution in [3.8, 4) is 0 Å². The number of halogens is 1. The Hall–Kier alpha value is -1.10. The molecule has 5 heteroatoms. The Kier molecular flexibility index (Phi) is 5.83. The molecule has 0 bridgehead atoms. The molecule has 1 saturated heterocycles. The average Bonchev–Trinajstić information content (AvgIpc) is 2.53. The normalized spacial score (nSPS) is 17.1. The van der Waals surface area contributed by atoms with Crippen molar-refractivity contribution < 1.29 is 4.79 Å². The fraction of sp³-hybridized carbons (Fsp3) is 0.600. The number of piperazine rings is 1. The van der Waals surface area contributed by atoms with E-state index in [0.717, 1.165) is 51.3 Å². The summed E-state index contributed by atoms with van der Waals surface area (Å²) in [5, 5.41) is 0. The van der Waals surface area contributed by atoms with E-state index >= 15 is 0 Å². The topological polar surface area (TPSA) is 36.4 Å². The maximum absolute atomic E-state index is 12.3. The number of unbranched alkanes of at least 4 members (excludes halogenated alkanes) is 1. The predicted molar refractivity (Wildman–Crippen MR) is 85.3 cm³/mol. The Morgan fingerprint density at radius 3 is 2.70 bits per heavy atom. The second-order valence-corrected chi connectivity index (χ2v) is 6.22. The highest BCUT2D eigenvalue weighted by atomic mass is 79.9. The number of amides is 1. The van der Waals surface area contributed by atoms with Gasteiger partial charge in [-0.3, -0.25) is 4.79 Å². The summed E-state index contributed by atoms with van der Waals surface area (Å²) in [6.07, 6.45) is 4.96. The molecule has 1 amide bonds. The number of anilines is 1. The Morgan fingerprint density at radius 2 is 2.10 bits per heavy atom. The van der Waals surface area contributed by atoms with Gasteiger partial charge in [-0.15, -0.1) is 0 Å². The molecule has 0 radical (unpaired) electrons. The lowest BCUT2D eigenvalue weighted by molar-refractivity contribution is -0.130. The van der Waals surface area contributed by atoms with E-state index in [1.807, 2.05) is 29.3 Å². The number of hydrogen-bond acceptors (Lipinski definition) is 3. The van der Waals surface area contributed by atoms with Crippen LogP contribution in [-0.4, -0.2) is 46.8 Å². The van der Waals surface area contributed by atoms with Crippen LogP contribution in [0, 0.1) is 0 Å². The van der Waals surface area contributed by atoms with E-state index in [2.05, 4.69) is 32.7 Å². The first-order chi connectivity index (χ1) is 9.72. The van der Waals surface area contributed by atoms with E-state index in [0.29, 0.717) is 0 Å². The summed E-state index contributed by atoms with van der Waals surface area (Å²) in [6.45, 7) is 5.43. The molecule has 1 aromatic rings. The second kappa shape index (κ2) is 7.62. The van der Waals surface area contributed by atoms with Crippen LogP contribution in [0.2, 0.25) is 0 Å². The van der Waals surface area contributed by atoms with E-state index in [1.165, 1.54) is 0 Å². The minimum atomic E-state index is -0.0242. The standard InChI is InChI=1S/C15H22BrN3O/c1-2-3-6-13(16)15(20)19-11-9-18(10-12-19)14-7-4-5-8-17-14/h4-5,7-8,13H,2-3,6,9-12H2,1H3. The van der Waals surface area contributed by atoms with Crippen LogP contribution in [0.4, 0.5) is 5.82 Å². The van der Waals surface area contributed by atoms with Crippen molar-refractivity contribution in [1.29, 1.82) is 0 Å². The molecular formula is C15H22BrN3O. The van der Waals surface area contributed by atoms with Crippen LogP contribution >= 0.6 is 15.9 Å². The molecule has 1 atom stereocenters. The highest BCUT2D eigenvalue weighted by molar-refractivity contribution is 9.10. The van der Waals surface area contributed by atoms with Crippen molar-refractivity contribution in [2.45, 2.75) is 31.0 Å². The molecule has 2 rings (SSSR count). The summed E-state index contributed by atoms with van der Waals surface area (Å²) < 4.78 is 0. The quantitative estimate of drug-likeness (QED) is 0.774. The SMILES string of the molecule is CCCCC(Br)C(=O)N1CCN(c2ccccn2)CC1. The van der Waals surface area contributed by atoms with Crippen molar-refractivity contribution in [2.75, 3.05) is 31.1 Å². The number of aromatic nitrogens is 1. The molecule has 2 heterocycles. The number of nitrogens with zero attached hydrogens (tertiary/aromatic N) is 3. The molecule has 1 unspecified atom stereocenters. The van der Waals surface area contributed by atoms with Crippen LogP contribution in [0.15, 0.2) is 24.4 Å². The molecule has 110 valence electrons. The summed E-state index contributed by atoms with van der Waals surface area (Å²) in [4.78, 5) is 20.8. The van der Waals surface area contributed by atoms with Gasteiger partial charge in [0.2, 0.25) is 5.91 Å². The van der Waals surface area contributed by atoms with Crippen LogP contribution in [0.25, 0.3) is 0 Å². The van der Waals surface area contributed by atoms with E-state index in [9.17, 15) is 4.79 Å². The number of hydrogen-bond donors (Lipinski definition) is 0. The molecule has 1 fully saturated rings. The summed E-state index contributed by atoms with van der Waals surface area (Å²) in [6, 6.07) is 5.94. The number of pyridine rings is 1. The number of carbonyl (C=O) groups is 1. The number of rotatable bonds is 5. The van der Waals surface area contributed by atoms with Gasteiger partial charge in [0, 0.05) is 32.4 Å². The van der Waals surface area contributed by atoms with Gasteiger partial charge in [0.25, 0.3) is 0 Å². The Labute approximate surface area is 129 Å². The Morgan fingerprint density at radius 1 is 1.35 bits per heavy atom. The average molecular weight is 340 g/mol. The second-order valence-electron chi connectivity index (χ2n) is 5.11. The maximum atomic E-state index is 12.3. The lowest BCUT2D eigenvalue weighted by Gasteiger charge is -2.36. The van der Waals surface area contributed by atoms with E-state index in [-0.39, 0.29) is 10.7 Å². The predicted octanol–water partition coefficient (Wildman–Crippen LogP) is 2.68. The van der Waals surface area contributed by atoms with Crippen molar-refractivity contribution in [2.24, 2.45) is 0 Å². The molecule has 0 N–H and O–H groups in total. The lowest BCUT2D eigenvalue weighted by atomic mass is 10.2. The minimum absolute atomic E-state index is 0.0242. The van der Waals surface area contributed by atoms with Gasteiger partial charge in [-0.05, 0) is 18.6 Å². The molecule has 1 aromatic heterocycles. The summed E-state index contributed by atoms with van der Waals surface area (Å²) >= 11 is 3.52. The van der Waals surface area contributed by atoms with Gasteiger partial charge in [0.15, 0.2) is 0 Å². The minimum Gasteiger partial charge on any atom is -0.353 e. The lowest BCUT2D eigenvalue weighted by Crippen LogP contribution is -2.50. The van der Waals surface area contributed by atoms with Gasteiger partial charge in [-0.2, -0.15) is 0 Å². The van der Waals surface area contributed by atoms with E-state index < -0.39 is 0 Å². The van der Waals surface area contributed by atoms with Gasteiger partial charge in [-0.1, -0.05) is 41.8 Å². The first-order valence-corrected chi connectivity index (χ1v) is 8.22. The zero-order valence-electron chi connectivity index (χ0n) is 12.0. The number of carbonyl (C=O) groups excluding carboxylic acids is 1. The van der Waals surface area contributed by atoms with Crippen molar-refractivity contribution in [3.63, 3.8) is 0 Å². The largest absolute Gasteiger partial charge is 0.353 e. The monoisotopic (exact) mass is 339 g/mol. The molecule has 0 spiro atoms. The smallest absolute Gasteiger partial charge is 0.236 e. The van der Waals surface area contributed by atoms with Gasteiger partial charge in [0.05, 0.1) is 4.83 Å². The molecule has 1 aliphatic rings. The third kappa shape index (κ3) is 3.95. The van der Waals surface area contributed by atoms with Crippen LogP contribution in [0.5, 0.6) is 0 Å². The van der Waals surface area contributed by atoms with Gasteiger partial charge < -0.3 is 9.80 Å². The van der Waals surface area contributed by atoms with Crippen LogP contribution in [0.1, 0.15) is 26.2 Å². The fourth-order valence-electron chi connectivity index (χ4n) is 2.40. The molecule has 1 aliphatic heterocycles. The molecule has 4 nitrogen and oxygen atoms in total. The molecular weight excluding hydrogens is 318 g/mol. The Bertz CT molecular complexity index is 418. The van der Waals surface area contributed by atoms with Gasteiger partial charge in [0.1, 0.15) is 5.82 Å². The van der Waals surface area contributed by atoms with Crippen LogP contribution in [-0.2, 0) is 4.79 Å². The van der Waals surface area contributed by atoms with Crippen molar-refractivity contribution >= 4 is 27.7 Å². The third-order valence-electron chi connectivity index (χ3n) is 3.64. The maximum Gasteiger partial charge on any atom is 0.236 e.